The van der Waals surface area contributed by atoms with E-state index in [-0.39, 0.29) is 11.4 Å². The minimum atomic E-state index is -0.392. The van der Waals surface area contributed by atoms with Crippen LogP contribution in [0.4, 0.5) is 0 Å². The van der Waals surface area contributed by atoms with E-state index in [0.29, 0.717) is 12.3 Å². The molecule has 3 rings (SSSR count). The third kappa shape index (κ3) is 2.96. The number of carbonyl (C=O) groups excluding carboxylic acids is 1. The first-order valence-corrected chi connectivity index (χ1v) is 8.19. The van der Waals surface area contributed by atoms with Crippen molar-refractivity contribution in [3.63, 3.8) is 0 Å². The van der Waals surface area contributed by atoms with Crippen LogP contribution in [-0.2, 0) is 21.4 Å². The van der Waals surface area contributed by atoms with Crippen LogP contribution in [0.2, 0.25) is 5.02 Å². The molecule has 1 aromatic carbocycles. The first-order chi connectivity index (χ1) is 9.80. The Balaban J connectivity index is 1.74. The van der Waals surface area contributed by atoms with Crippen molar-refractivity contribution in [1.82, 2.24) is 0 Å². The number of ether oxygens (including phenoxy) is 1. The Bertz CT molecular complexity index is 573. The molecule has 0 radical (unpaired) electrons. The summed E-state index contributed by atoms with van der Waals surface area (Å²) in [5.41, 5.74) is 2.62. The van der Waals surface area contributed by atoms with Gasteiger partial charge in [0, 0.05) is 11.4 Å². The highest BCUT2D eigenvalue weighted by atomic mass is 35.5. The molecular weight excluding hydrogens is 284 g/mol. The molecule has 0 heterocycles. The minimum absolute atomic E-state index is 0.0644. The van der Waals surface area contributed by atoms with Crippen molar-refractivity contribution in [2.24, 2.45) is 5.92 Å². The van der Waals surface area contributed by atoms with E-state index in [4.69, 9.17) is 16.3 Å². The van der Waals surface area contributed by atoms with Gasteiger partial charge in [-0.3, -0.25) is 4.79 Å². The lowest BCUT2D eigenvalue weighted by molar-refractivity contribution is -0.155. The summed E-state index contributed by atoms with van der Waals surface area (Å²) in [6, 6.07) is 6.25. The molecule has 2 aliphatic carbocycles. The molecule has 2 nitrogen and oxygen atoms in total. The highest BCUT2D eigenvalue weighted by Gasteiger charge is 2.57. The third-order valence-electron chi connectivity index (χ3n) is 4.74. The minimum Gasteiger partial charge on any atom is -0.460 e. The van der Waals surface area contributed by atoms with Gasteiger partial charge in [-0.2, -0.15) is 0 Å². The van der Waals surface area contributed by atoms with E-state index in [0.717, 1.165) is 17.9 Å². The second kappa shape index (κ2) is 5.01. The second-order valence-electron chi connectivity index (χ2n) is 7.50. The number of benzene rings is 1. The molecule has 0 amide bonds. The van der Waals surface area contributed by atoms with Gasteiger partial charge in [0.25, 0.3) is 0 Å². The SMILES string of the molecule is CC(C)(C)OC(=O)CC1CC12CCCc1cc(Cl)ccc12. The molecule has 0 bridgehead atoms. The van der Waals surface area contributed by atoms with Crippen molar-refractivity contribution in [2.45, 2.75) is 63.9 Å². The van der Waals surface area contributed by atoms with Crippen molar-refractivity contribution < 1.29 is 9.53 Å². The van der Waals surface area contributed by atoms with Gasteiger partial charge in [-0.1, -0.05) is 17.7 Å². The van der Waals surface area contributed by atoms with Gasteiger partial charge in [0.05, 0.1) is 0 Å². The number of halogens is 1. The first kappa shape index (κ1) is 14.9. The van der Waals surface area contributed by atoms with E-state index in [2.05, 4.69) is 12.1 Å². The Morgan fingerprint density at radius 3 is 2.90 bits per heavy atom. The lowest BCUT2D eigenvalue weighted by atomic mass is 9.78. The van der Waals surface area contributed by atoms with Gasteiger partial charge < -0.3 is 4.74 Å². The molecule has 0 N–H and O–H groups in total. The van der Waals surface area contributed by atoms with Crippen LogP contribution < -0.4 is 0 Å². The fourth-order valence-corrected chi connectivity index (χ4v) is 4.05. The van der Waals surface area contributed by atoms with Crippen LogP contribution in [0.3, 0.4) is 0 Å². The maximum absolute atomic E-state index is 12.1. The van der Waals surface area contributed by atoms with Crippen molar-refractivity contribution in [1.29, 1.82) is 0 Å². The second-order valence-corrected chi connectivity index (χ2v) is 7.94. The van der Waals surface area contributed by atoms with Gasteiger partial charge in [-0.15, -0.1) is 0 Å². The monoisotopic (exact) mass is 306 g/mol. The smallest absolute Gasteiger partial charge is 0.306 e. The van der Waals surface area contributed by atoms with Crippen LogP contribution in [0.25, 0.3) is 0 Å². The number of rotatable bonds is 2. The molecule has 1 spiro atoms. The fraction of sp³-hybridized carbons (Fsp3) is 0.611. The van der Waals surface area contributed by atoms with Crippen molar-refractivity contribution >= 4 is 17.6 Å². The van der Waals surface area contributed by atoms with Gasteiger partial charge in [-0.05, 0) is 81.0 Å². The zero-order valence-corrected chi connectivity index (χ0v) is 13.8. The first-order valence-electron chi connectivity index (χ1n) is 7.81. The average Bonchev–Trinajstić information content (AvgIpc) is 2.99. The molecule has 0 aliphatic heterocycles. The zero-order chi connectivity index (χ0) is 15.3. The Morgan fingerprint density at radius 1 is 1.43 bits per heavy atom. The van der Waals surface area contributed by atoms with Crippen LogP contribution in [-0.4, -0.2) is 11.6 Å². The molecule has 0 aromatic heterocycles. The largest absolute Gasteiger partial charge is 0.460 e. The Kier molecular flexibility index (Phi) is 3.56. The number of hydrogen-bond acceptors (Lipinski definition) is 2. The van der Waals surface area contributed by atoms with E-state index < -0.39 is 5.60 Å². The summed E-state index contributed by atoms with van der Waals surface area (Å²) in [5, 5.41) is 0.815. The van der Waals surface area contributed by atoms with Crippen molar-refractivity contribution in [3.05, 3.63) is 34.3 Å². The Labute approximate surface area is 131 Å². The highest BCUT2D eigenvalue weighted by molar-refractivity contribution is 6.30. The van der Waals surface area contributed by atoms with E-state index in [1.165, 1.54) is 24.0 Å². The highest BCUT2D eigenvalue weighted by Crippen LogP contribution is 2.61. The predicted octanol–water partition coefficient (Wildman–Crippen LogP) is 4.67. The molecule has 1 fully saturated rings. The van der Waals surface area contributed by atoms with E-state index in [9.17, 15) is 4.79 Å². The normalized spacial score (nSPS) is 27.3. The molecule has 2 aliphatic rings. The summed E-state index contributed by atoms with van der Waals surface area (Å²) in [5.74, 6) is 0.373. The molecule has 21 heavy (non-hydrogen) atoms. The average molecular weight is 307 g/mol. The standard InChI is InChI=1S/C18H23ClO2/c1-17(2,3)21-16(20)10-13-11-18(13)8-4-5-12-9-14(19)6-7-15(12)18/h6-7,9,13H,4-5,8,10-11H2,1-3H3. The molecule has 1 saturated carbocycles. The molecule has 1 aromatic rings. The molecule has 0 saturated heterocycles. The number of carbonyl (C=O) groups is 1. The van der Waals surface area contributed by atoms with Gasteiger partial charge in [0.1, 0.15) is 5.60 Å². The lowest BCUT2D eigenvalue weighted by Gasteiger charge is -2.27. The zero-order valence-electron chi connectivity index (χ0n) is 13.0. The maximum atomic E-state index is 12.1. The van der Waals surface area contributed by atoms with Crippen LogP contribution in [0.15, 0.2) is 18.2 Å². The molecule has 2 atom stereocenters. The summed E-state index contributed by atoms with van der Waals surface area (Å²) in [6.45, 7) is 5.77. The van der Waals surface area contributed by atoms with E-state index in [1.807, 2.05) is 26.8 Å². The predicted molar refractivity (Wildman–Crippen MR) is 84.6 cm³/mol. The Hall–Kier alpha value is -1.02. The molecule has 2 unspecified atom stereocenters. The third-order valence-corrected chi connectivity index (χ3v) is 4.97. The van der Waals surface area contributed by atoms with Gasteiger partial charge in [0.2, 0.25) is 0 Å². The van der Waals surface area contributed by atoms with Crippen LogP contribution >= 0.6 is 11.6 Å². The summed E-state index contributed by atoms with van der Waals surface area (Å²) >= 11 is 6.11. The van der Waals surface area contributed by atoms with Gasteiger partial charge in [-0.25, -0.2) is 0 Å². The number of hydrogen-bond donors (Lipinski definition) is 0. The number of esters is 1. The van der Waals surface area contributed by atoms with Crippen LogP contribution in [0, 0.1) is 5.92 Å². The van der Waals surface area contributed by atoms with Crippen LogP contribution in [0.5, 0.6) is 0 Å². The molecule has 3 heteroatoms. The fourth-order valence-electron chi connectivity index (χ4n) is 3.85. The van der Waals surface area contributed by atoms with E-state index >= 15 is 0 Å². The van der Waals surface area contributed by atoms with Crippen molar-refractivity contribution in [2.75, 3.05) is 0 Å². The van der Waals surface area contributed by atoms with Gasteiger partial charge >= 0.3 is 5.97 Å². The summed E-state index contributed by atoms with van der Waals surface area (Å²) in [7, 11) is 0. The maximum Gasteiger partial charge on any atom is 0.306 e. The summed E-state index contributed by atoms with van der Waals surface area (Å²) < 4.78 is 5.47. The topological polar surface area (TPSA) is 26.3 Å². The van der Waals surface area contributed by atoms with E-state index in [1.54, 1.807) is 0 Å². The quantitative estimate of drug-likeness (QED) is 0.742. The number of fused-ring (bicyclic) bond motifs is 2. The summed E-state index contributed by atoms with van der Waals surface area (Å²) in [6.07, 6.45) is 5.14. The summed E-state index contributed by atoms with van der Waals surface area (Å²) in [4.78, 5) is 12.1. The Morgan fingerprint density at radius 2 is 2.19 bits per heavy atom. The van der Waals surface area contributed by atoms with Crippen molar-refractivity contribution in [3.8, 4) is 0 Å². The lowest BCUT2D eigenvalue weighted by Crippen LogP contribution is -2.25. The van der Waals surface area contributed by atoms with Crippen LogP contribution in [0.1, 0.15) is 57.6 Å². The number of aryl methyl sites for hydroxylation is 1. The molecule has 114 valence electrons. The molecular formula is C18H23ClO2. The van der Waals surface area contributed by atoms with Gasteiger partial charge in [0.15, 0.2) is 0 Å².